The molecular formula is C8H12N2O. The summed E-state index contributed by atoms with van der Waals surface area (Å²) in [6.45, 7) is 4.70. The van der Waals surface area contributed by atoms with Crippen molar-refractivity contribution in [3.63, 3.8) is 0 Å². The molecule has 0 saturated heterocycles. The van der Waals surface area contributed by atoms with Crippen molar-refractivity contribution >= 4 is 0 Å². The molecule has 0 aliphatic rings. The lowest BCUT2D eigenvalue weighted by atomic mass is 10.4. The van der Waals surface area contributed by atoms with Crippen LogP contribution >= 0.6 is 0 Å². The lowest BCUT2D eigenvalue weighted by Gasteiger charge is -2.01. The Morgan fingerprint density at radius 3 is 2.91 bits per heavy atom. The van der Waals surface area contributed by atoms with Gasteiger partial charge in [-0.05, 0) is 13.3 Å². The van der Waals surface area contributed by atoms with Gasteiger partial charge in [0.25, 0.3) is 0 Å². The largest absolute Gasteiger partial charge is 0.478 e. The SMILES string of the molecule is CCCOc1cc(C)ncn1. The number of nitrogens with zero attached hydrogens (tertiary/aromatic N) is 2. The van der Waals surface area contributed by atoms with Crippen LogP contribution in [0.4, 0.5) is 0 Å². The molecule has 0 atom stereocenters. The fraction of sp³-hybridized carbons (Fsp3) is 0.500. The summed E-state index contributed by atoms with van der Waals surface area (Å²) in [5, 5.41) is 0. The van der Waals surface area contributed by atoms with Crippen molar-refractivity contribution < 1.29 is 4.74 Å². The average Bonchev–Trinajstić information content (AvgIpc) is 2.01. The molecule has 0 saturated carbocycles. The van der Waals surface area contributed by atoms with Gasteiger partial charge < -0.3 is 4.74 Å². The first-order valence-corrected chi connectivity index (χ1v) is 3.74. The molecular weight excluding hydrogens is 140 g/mol. The van der Waals surface area contributed by atoms with Crippen LogP contribution in [0.1, 0.15) is 19.0 Å². The third-order valence-corrected chi connectivity index (χ3v) is 1.23. The van der Waals surface area contributed by atoms with Crippen molar-refractivity contribution in [3.05, 3.63) is 18.1 Å². The second-order valence-electron chi connectivity index (χ2n) is 2.35. The van der Waals surface area contributed by atoms with E-state index in [2.05, 4.69) is 16.9 Å². The van der Waals surface area contributed by atoms with Gasteiger partial charge in [-0.2, -0.15) is 0 Å². The third kappa shape index (κ3) is 2.53. The van der Waals surface area contributed by atoms with E-state index in [0.717, 1.165) is 18.7 Å². The molecule has 0 bridgehead atoms. The maximum absolute atomic E-state index is 5.28. The van der Waals surface area contributed by atoms with Gasteiger partial charge in [-0.25, -0.2) is 9.97 Å². The van der Waals surface area contributed by atoms with E-state index in [9.17, 15) is 0 Å². The van der Waals surface area contributed by atoms with Gasteiger partial charge in [0.15, 0.2) is 0 Å². The van der Waals surface area contributed by atoms with Crippen LogP contribution in [0.15, 0.2) is 12.4 Å². The third-order valence-electron chi connectivity index (χ3n) is 1.23. The fourth-order valence-corrected chi connectivity index (χ4v) is 0.716. The molecule has 3 nitrogen and oxygen atoms in total. The van der Waals surface area contributed by atoms with Crippen molar-refractivity contribution in [1.82, 2.24) is 9.97 Å². The molecule has 11 heavy (non-hydrogen) atoms. The van der Waals surface area contributed by atoms with Crippen molar-refractivity contribution in [2.45, 2.75) is 20.3 Å². The number of hydrogen-bond donors (Lipinski definition) is 0. The standard InChI is InChI=1S/C8H12N2O/c1-3-4-11-8-5-7(2)9-6-10-8/h5-6H,3-4H2,1-2H3. The lowest BCUT2D eigenvalue weighted by molar-refractivity contribution is 0.304. The zero-order chi connectivity index (χ0) is 8.10. The molecule has 1 heterocycles. The van der Waals surface area contributed by atoms with Crippen LogP contribution in [0.2, 0.25) is 0 Å². The van der Waals surface area contributed by atoms with E-state index >= 15 is 0 Å². The van der Waals surface area contributed by atoms with E-state index in [1.165, 1.54) is 6.33 Å². The van der Waals surface area contributed by atoms with Crippen molar-refractivity contribution in [2.75, 3.05) is 6.61 Å². The highest BCUT2D eigenvalue weighted by Gasteiger charge is 1.93. The molecule has 0 fully saturated rings. The fourth-order valence-electron chi connectivity index (χ4n) is 0.716. The second kappa shape index (κ2) is 3.91. The minimum absolute atomic E-state index is 0.666. The van der Waals surface area contributed by atoms with E-state index in [1.54, 1.807) is 0 Å². The maximum atomic E-state index is 5.28. The Bertz CT molecular complexity index is 225. The molecule has 0 aliphatic heterocycles. The molecule has 1 rings (SSSR count). The monoisotopic (exact) mass is 152 g/mol. The Labute approximate surface area is 66.4 Å². The molecule has 0 radical (unpaired) electrons. The molecule has 1 aromatic heterocycles. The van der Waals surface area contributed by atoms with Crippen LogP contribution in [-0.2, 0) is 0 Å². The molecule has 0 spiro atoms. The highest BCUT2D eigenvalue weighted by atomic mass is 16.5. The van der Waals surface area contributed by atoms with Crippen LogP contribution in [-0.4, -0.2) is 16.6 Å². The second-order valence-corrected chi connectivity index (χ2v) is 2.35. The average molecular weight is 152 g/mol. The minimum Gasteiger partial charge on any atom is -0.478 e. The predicted molar refractivity (Wildman–Crippen MR) is 42.6 cm³/mol. The highest BCUT2D eigenvalue weighted by Crippen LogP contribution is 2.05. The summed E-state index contributed by atoms with van der Waals surface area (Å²) in [7, 11) is 0. The Morgan fingerprint density at radius 2 is 2.27 bits per heavy atom. The number of aryl methyl sites for hydroxylation is 1. The molecule has 1 aromatic rings. The molecule has 0 unspecified atom stereocenters. The molecule has 0 aliphatic carbocycles. The molecule has 0 aromatic carbocycles. The van der Waals surface area contributed by atoms with Gasteiger partial charge in [0.2, 0.25) is 5.88 Å². The van der Waals surface area contributed by atoms with E-state index in [-0.39, 0.29) is 0 Å². The van der Waals surface area contributed by atoms with Crippen LogP contribution in [0.5, 0.6) is 5.88 Å². The van der Waals surface area contributed by atoms with Crippen LogP contribution < -0.4 is 4.74 Å². The lowest BCUT2D eigenvalue weighted by Crippen LogP contribution is -1.97. The quantitative estimate of drug-likeness (QED) is 0.659. The van der Waals surface area contributed by atoms with Gasteiger partial charge >= 0.3 is 0 Å². The van der Waals surface area contributed by atoms with Gasteiger partial charge in [-0.15, -0.1) is 0 Å². The summed E-state index contributed by atoms with van der Waals surface area (Å²) in [6.07, 6.45) is 2.52. The van der Waals surface area contributed by atoms with Gasteiger partial charge in [0.05, 0.1) is 6.61 Å². The summed E-state index contributed by atoms with van der Waals surface area (Å²) in [6, 6.07) is 1.83. The molecule has 0 amide bonds. The zero-order valence-corrected chi connectivity index (χ0v) is 6.87. The molecule has 3 heteroatoms. The molecule has 0 N–H and O–H groups in total. The first-order chi connectivity index (χ1) is 5.33. The highest BCUT2D eigenvalue weighted by molar-refractivity contribution is 5.11. The van der Waals surface area contributed by atoms with Crippen LogP contribution in [0, 0.1) is 6.92 Å². The number of rotatable bonds is 3. The van der Waals surface area contributed by atoms with Gasteiger partial charge in [0.1, 0.15) is 6.33 Å². The Kier molecular flexibility index (Phi) is 2.83. The smallest absolute Gasteiger partial charge is 0.216 e. The normalized spacial score (nSPS) is 9.64. The van der Waals surface area contributed by atoms with Gasteiger partial charge in [0, 0.05) is 11.8 Å². The first-order valence-electron chi connectivity index (χ1n) is 3.74. The Balaban J connectivity index is 2.56. The van der Waals surface area contributed by atoms with E-state index < -0.39 is 0 Å². The van der Waals surface area contributed by atoms with Crippen LogP contribution in [0.25, 0.3) is 0 Å². The summed E-state index contributed by atoms with van der Waals surface area (Å²) < 4.78 is 5.28. The zero-order valence-electron chi connectivity index (χ0n) is 6.87. The van der Waals surface area contributed by atoms with Crippen molar-refractivity contribution in [2.24, 2.45) is 0 Å². The number of ether oxygens (including phenoxy) is 1. The van der Waals surface area contributed by atoms with E-state index in [1.807, 2.05) is 13.0 Å². The summed E-state index contributed by atoms with van der Waals surface area (Å²) in [5.41, 5.74) is 0.936. The maximum Gasteiger partial charge on any atom is 0.216 e. The van der Waals surface area contributed by atoms with E-state index in [0.29, 0.717) is 5.88 Å². The number of aromatic nitrogens is 2. The van der Waals surface area contributed by atoms with E-state index in [4.69, 9.17) is 4.74 Å². The van der Waals surface area contributed by atoms with Gasteiger partial charge in [-0.3, -0.25) is 0 Å². The molecule has 60 valence electrons. The summed E-state index contributed by atoms with van der Waals surface area (Å²) in [4.78, 5) is 7.90. The minimum atomic E-state index is 0.666. The summed E-state index contributed by atoms with van der Waals surface area (Å²) >= 11 is 0. The predicted octanol–water partition coefficient (Wildman–Crippen LogP) is 1.57. The topological polar surface area (TPSA) is 35.0 Å². The van der Waals surface area contributed by atoms with Crippen molar-refractivity contribution in [3.8, 4) is 5.88 Å². The summed E-state index contributed by atoms with van der Waals surface area (Å²) in [5.74, 6) is 0.666. The Hall–Kier alpha value is -1.12. The first kappa shape index (κ1) is 7.98. The Morgan fingerprint density at radius 1 is 1.45 bits per heavy atom. The van der Waals surface area contributed by atoms with Crippen molar-refractivity contribution in [1.29, 1.82) is 0 Å². The number of hydrogen-bond acceptors (Lipinski definition) is 3. The van der Waals surface area contributed by atoms with Crippen LogP contribution in [0.3, 0.4) is 0 Å². The van der Waals surface area contributed by atoms with Gasteiger partial charge in [-0.1, -0.05) is 6.92 Å².